The number of hydrogen-bond acceptors (Lipinski definition) is 2. The molecular weight excluding hydrogens is 210 g/mol. The average molecular weight is 235 g/mol. The Morgan fingerprint density at radius 2 is 1.76 bits per heavy atom. The fourth-order valence-corrected chi connectivity index (χ4v) is 1.74. The van der Waals surface area contributed by atoms with Gasteiger partial charge in [-0.05, 0) is 29.5 Å². The molecule has 96 valence electrons. The minimum Gasteiger partial charge on any atom is -0.387 e. The molecule has 1 aromatic rings. The molecule has 0 aromatic heterocycles. The molecule has 0 aliphatic heterocycles. The number of hydrogen-bond donors (Lipinski definition) is 2. The van der Waals surface area contributed by atoms with Gasteiger partial charge in [-0.15, -0.1) is 0 Å². The van der Waals surface area contributed by atoms with E-state index in [1.807, 2.05) is 12.1 Å². The van der Waals surface area contributed by atoms with Gasteiger partial charge in [0.1, 0.15) is 0 Å². The maximum absolute atomic E-state index is 9.98. The van der Waals surface area contributed by atoms with Crippen molar-refractivity contribution in [3.63, 3.8) is 0 Å². The summed E-state index contributed by atoms with van der Waals surface area (Å²) in [5, 5.41) is 13.2. The predicted molar refractivity (Wildman–Crippen MR) is 73.3 cm³/mol. The lowest BCUT2D eigenvalue weighted by Gasteiger charge is -2.20. The Morgan fingerprint density at radius 3 is 2.24 bits per heavy atom. The molecule has 0 fully saturated rings. The SMILES string of the molecule is CCCNCC(O)c1ccc(C(C)(C)C)cc1. The van der Waals surface area contributed by atoms with Crippen LogP contribution in [-0.4, -0.2) is 18.2 Å². The number of aliphatic hydroxyl groups is 1. The van der Waals surface area contributed by atoms with E-state index in [0.717, 1.165) is 18.5 Å². The van der Waals surface area contributed by atoms with E-state index in [4.69, 9.17) is 0 Å². The maximum atomic E-state index is 9.98. The zero-order chi connectivity index (χ0) is 12.9. The highest BCUT2D eigenvalue weighted by atomic mass is 16.3. The lowest BCUT2D eigenvalue weighted by atomic mass is 9.86. The van der Waals surface area contributed by atoms with Gasteiger partial charge in [0.15, 0.2) is 0 Å². The molecule has 2 heteroatoms. The highest BCUT2D eigenvalue weighted by molar-refractivity contribution is 5.28. The van der Waals surface area contributed by atoms with E-state index in [9.17, 15) is 5.11 Å². The second kappa shape index (κ2) is 6.18. The number of aliphatic hydroxyl groups excluding tert-OH is 1. The summed E-state index contributed by atoms with van der Waals surface area (Å²) >= 11 is 0. The zero-order valence-corrected chi connectivity index (χ0v) is 11.5. The first-order valence-electron chi connectivity index (χ1n) is 6.44. The molecule has 1 unspecified atom stereocenters. The van der Waals surface area contributed by atoms with E-state index < -0.39 is 6.10 Å². The molecule has 17 heavy (non-hydrogen) atoms. The third kappa shape index (κ3) is 4.49. The molecule has 0 bridgehead atoms. The highest BCUT2D eigenvalue weighted by Gasteiger charge is 2.14. The van der Waals surface area contributed by atoms with Crippen molar-refractivity contribution in [3.8, 4) is 0 Å². The van der Waals surface area contributed by atoms with Gasteiger partial charge in [-0.3, -0.25) is 0 Å². The molecule has 2 N–H and O–H groups in total. The summed E-state index contributed by atoms with van der Waals surface area (Å²) in [7, 11) is 0. The summed E-state index contributed by atoms with van der Waals surface area (Å²) < 4.78 is 0. The van der Waals surface area contributed by atoms with Gasteiger partial charge in [-0.2, -0.15) is 0 Å². The summed E-state index contributed by atoms with van der Waals surface area (Å²) in [6, 6.07) is 8.27. The number of rotatable bonds is 5. The molecule has 1 rings (SSSR count). The topological polar surface area (TPSA) is 32.3 Å². The molecule has 1 atom stereocenters. The number of benzene rings is 1. The Hall–Kier alpha value is -0.860. The van der Waals surface area contributed by atoms with Crippen LogP contribution in [0.1, 0.15) is 51.3 Å². The van der Waals surface area contributed by atoms with Crippen molar-refractivity contribution in [1.82, 2.24) is 5.32 Å². The van der Waals surface area contributed by atoms with Crippen molar-refractivity contribution < 1.29 is 5.11 Å². The van der Waals surface area contributed by atoms with Crippen LogP contribution in [0.3, 0.4) is 0 Å². The fourth-order valence-electron chi connectivity index (χ4n) is 1.74. The first kappa shape index (κ1) is 14.2. The first-order valence-corrected chi connectivity index (χ1v) is 6.44. The van der Waals surface area contributed by atoms with Gasteiger partial charge in [-0.25, -0.2) is 0 Å². The van der Waals surface area contributed by atoms with Gasteiger partial charge in [0.05, 0.1) is 6.10 Å². The minimum absolute atomic E-state index is 0.171. The summed E-state index contributed by atoms with van der Waals surface area (Å²) in [6.45, 7) is 10.3. The van der Waals surface area contributed by atoms with Gasteiger partial charge in [0.25, 0.3) is 0 Å². The van der Waals surface area contributed by atoms with Crippen LogP contribution in [0.15, 0.2) is 24.3 Å². The molecule has 2 nitrogen and oxygen atoms in total. The minimum atomic E-state index is -0.407. The largest absolute Gasteiger partial charge is 0.387 e. The molecule has 0 saturated heterocycles. The van der Waals surface area contributed by atoms with Gasteiger partial charge in [-0.1, -0.05) is 52.0 Å². The van der Waals surface area contributed by atoms with E-state index >= 15 is 0 Å². The smallest absolute Gasteiger partial charge is 0.0914 e. The monoisotopic (exact) mass is 235 g/mol. The van der Waals surface area contributed by atoms with Crippen LogP contribution in [-0.2, 0) is 5.41 Å². The summed E-state index contributed by atoms with van der Waals surface area (Å²) in [5.41, 5.74) is 2.46. The third-order valence-corrected chi connectivity index (χ3v) is 2.93. The van der Waals surface area contributed by atoms with Gasteiger partial charge in [0.2, 0.25) is 0 Å². The normalized spacial score (nSPS) is 13.7. The second-order valence-electron chi connectivity index (χ2n) is 5.59. The van der Waals surface area contributed by atoms with Crippen molar-refractivity contribution in [2.75, 3.05) is 13.1 Å². The third-order valence-electron chi connectivity index (χ3n) is 2.93. The molecule has 0 spiro atoms. The van der Waals surface area contributed by atoms with Crippen LogP contribution in [0, 0.1) is 0 Å². The van der Waals surface area contributed by atoms with Gasteiger partial charge in [0, 0.05) is 6.54 Å². The van der Waals surface area contributed by atoms with E-state index in [2.05, 4.69) is 45.1 Å². The molecule has 0 saturated carbocycles. The van der Waals surface area contributed by atoms with Crippen molar-refractivity contribution >= 4 is 0 Å². The zero-order valence-electron chi connectivity index (χ0n) is 11.5. The van der Waals surface area contributed by atoms with E-state index in [-0.39, 0.29) is 5.41 Å². The summed E-state index contributed by atoms with van der Waals surface area (Å²) in [6.07, 6.45) is 0.686. The lowest BCUT2D eigenvalue weighted by Crippen LogP contribution is -2.22. The maximum Gasteiger partial charge on any atom is 0.0914 e. The molecule has 0 radical (unpaired) electrons. The fraction of sp³-hybridized carbons (Fsp3) is 0.600. The van der Waals surface area contributed by atoms with Gasteiger partial charge < -0.3 is 10.4 Å². The Kier molecular flexibility index (Phi) is 5.16. The highest BCUT2D eigenvalue weighted by Crippen LogP contribution is 2.23. The van der Waals surface area contributed by atoms with E-state index in [1.165, 1.54) is 5.56 Å². The van der Waals surface area contributed by atoms with Crippen LogP contribution in [0.5, 0.6) is 0 Å². The average Bonchev–Trinajstić information content (AvgIpc) is 2.28. The lowest BCUT2D eigenvalue weighted by molar-refractivity contribution is 0.175. The summed E-state index contributed by atoms with van der Waals surface area (Å²) in [4.78, 5) is 0. The van der Waals surface area contributed by atoms with Crippen LogP contribution in [0.4, 0.5) is 0 Å². The van der Waals surface area contributed by atoms with Crippen LogP contribution in [0.25, 0.3) is 0 Å². The molecule has 1 aromatic carbocycles. The molecule has 0 aliphatic rings. The molecule has 0 aliphatic carbocycles. The van der Waals surface area contributed by atoms with Crippen LogP contribution in [0.2, 0.25) is 0 Å². The standard InChI is InChI=1S/C15H25NO/c1-5-10-16-11-14(17)12-6-8-13(9-7-12)15(2,3)4/h6-9,14,16-17H,5,10-11H2,1-4H3. The van der Waals surface area contributed by atoms with Crippen molar-refractivity contribution in [3.05, 3.63) is 35.4 Å². The van der Waals surface area contributed by atoms with E-state index in [0.29, 0.717) is 6.54 Å². The predicted octanol–water partition coefficient (Wildman–Crippen LogP) is 3.02. The Labute approximate surface area is 105 Å². The molecule has 0 amide bonds. The van der Waals surface area contributed by atoms with E-state index in [1.54, 1.807) is 0 Å². The Morgan fingerprint density at radius 1 is 1.18 bits per heavy atom. The van der Waals surface area contributed by atoms with Crippen molar-refractivity contribution in [2.45, 2.75) is 45.6 Å². The van der Waals surface area contributed by atoms with Crippen molar-refractivity contribution in [2.24, 2.45) is 0 Å². The molecule has 0 heterocycles. The van der Waals surface area contributed by atoms with Crippen LogP contribution >= 0.6 is 0 Å². The number of nitrogens with one attached hydrogen (secondary N) is 1. The molecular formula is C15H25NO. The Balaban J connectivity index is 2.61. The van der Waals surface area contributed by atoms with Gasteiger partial charge >= 0.3 is 0 Å². The quantitative estimate of drug-likeness (QED) is 0.769. The summed E-state index contributed by atoms with van der Waals surface area (Å²) in [5.74, 6) is 0. The van der Waals surface area contributed by atoms with Crippen LogP contribution < -0.4 is 5.32 Å². The first-order chi connectivity index (χ1) is 7.95. The van der Waals surface area contributed by atoms with Crippen molar-refractivity contribution in [1.29, 1.82) is 0 Å². The Bertz CT molecular complexity index is 324. The second-order valence-corrected chi connectivity index (χ2v) is 5.59.